The molecule has 0 unspecified atom stereocenters. The maximum absolute atomic E-state index is 12.3. The summed E-state index contributed by atoms with van der Waals surface area (Å²) in [5.41, 5.74) is 1.09. The molecule has 0 spiro atoms. The maximum Gasteiger partial charge on any atom is 0.262 e. The van der Waals surface area contributed by atoms with Gasteiger partial charge in [0.25, 0.3) is 5.91 Å². The third-order valence-electron chi connectivity index (χ3n) is 4.73. The van der Waals surface area contributed by atoms with Crippen molar-refractivity contribution in [2.75, 3.05) is 29.9 Å². The van der Waals surface area contributed by atoms with Gasteiger partial charge >= 0.3 is 0 Å². The lowest BCUT2D eigenvalue weighted by Crippen LogP contribution is -2.36. The molecule has 2 aromatic rings. The summed E-state index contributed by atoms with van der Waals surface area (Å²) in [5, 5.41) is 15.4. The molecule has 0 aromatic heterocycles. The Morgan fingerprint density at radius 2 is 1.84 bits per heavy atom. The number of nitrogens with one attached hydrogen (secondary N) is 2. The van der Waals surface area contributed by atoms with Gasteiger partial charge in [-0.25, -0.2) is 0 Å². The fourth-order valence-corrected chi connectivity index (χ4v) is 3.75. The average Bonchev–Trinajstić information content (AvgIpc) is 3.12. The smallest absolute Gasteiger partial charge is 0.262 e. The van der Waals surface area contributed by atoms with Crippen molar-refractivity contribution < 1.29 is 24.2 Å². The molecule has 3 rings (SSSR count). The van der Waals surface area contributed by atoms with Crippen LogP contribution in [0.4, 0.5) is 11.4 Å². The third-order valence-corrected chi connectivity index (χ3v) is 5.17. The van der Waals surface area contributed by atoms with Crippen LogP contribution in [0.1, 0.15) is 13.3 Å². The quantitative estimate of drug-likeness (QED) is 0.539. The van der Waals surface area contributed by atoms with Gasteiger partial charge in [-0.1, -0.05) is 23.2 Å². The zero-order chi connectivity index (χ0) is 23.3. The van der Waals surface area contributed by atoms with Gasteiger partial charge in [0.05, 0.1) is 12.0 Å². The molecular formula is C22H23Cl2N3O5. The Labute approximate surface area is 195 Å². The summed E-state index contributed by atoms with van der Waals surface area (Å²) < 4.78 is 5.49. The minimum atomic E-state index is -0.648. The lowest BCUT2D eigenvalue weighted by Gasteiger charge is -2.17. The van der Waals surface area contributed by atoms with E-state index in [9.17, 15) is 19.5 Å². The van der Waals surface area contributed by atoms with Crippen LogP contribution in [-0.4, -0.2) is 48.6 Å². The number of rotatable bonds is 8. The number of nitrogens with zero attached hydrogens (tertiary/aromatic N) is 1. The van der Waals surface area contributed by atoms with Crippen molar-refractivity contribution >= 4 is 52.3 Å². The van der Waals surface area contributed by atoms with E-state index in [1.54, 1.807) is 49.4 Å². The molecule has 0 bridgehead atoms. The van der Waals surface area contributed by atoms with Gasteiger partial charge in [0.1, 0.15) is 5.75 Å². The highest BCUT2D eigenvalue weighted by molar-refractivity contribution is 6.35. The zero-order valence-corrected chi connectivity index (χ0v) is 18.8. The lowest BCUT2D eigenvalue weighted by molar-refractivity contribution is -0.126. The molecular weight excluding hydrogens is 457 g/mol. The number of aliphatic hydroxyl groups is 1. The Kier molecular flexibility index (Phi) is 7.95. The van der Waals surface area contributed by atoms with Crippen molar-refractivity contribution in [1.82, 2.24) is 5.32 Å². The highest BCUT2D eigenvalue weighted by atomic mass is 35.5. The number of hydrogen-bond acceptors (Lipinski definition) is 5. The number of carbonyl (C=O) groups excluding carboxylic acids is 3. The van der Waals surface area contributed by atoms with E-state index in [1.807, 2.05) is 0 Å². The molecule has 2 aromatic carbocycles. The third kappa shape index (κ3) is 6.59. The van der Waals surface area contributed by atoms with Crippen LogP contribution in [0.15, 0.2) is 42.5 Å². The number of aliphatic hydroxyl groups excluding tert-OH is 1. The average molecular weight is 480 g/mol. The normalized spacial score (nSPS) is 16.6. The van der Waals surface area contributed by atoms with Crippen LogP contribution in [-0.2, 0) is 14.4 Å². The topological polar surface area (TPSA) is 108 Å². The van der Waals surface area contributed by atoms with Gasteiger partial charge in [0.15, 0.2) is 6.61 Å². The Hall–Kier alpha value is -2.81. The summed E-state index contributed by atoms with van der Waals surface area (Å²) in [6, 6.07) is 11.4. The molecule has 2 atom stereocenters. The summed E-state index contributed by atoms with van der Waals surface area (Å²) >= 11 is 11.8. The van der Waals surface area contributed by atoms with Crippen molar-refractivity contribution in [2.24, 2.45) is 5.92 Å². The molecule has 0 aliphatic carbocycles. The number of carbonyl (C=O) groups is 3. The van der Waals surface area contributed by atoms with E-state index in [2.05, 4.69) is 10.6 Å². The number of hydrogen-bond donors (Lipinski definition) is 3. The number of ether oxygens (including phenoxy) is 1. The molecule has 3 N–H and O–H groups in total. The van der Waals surface area contributed by atoms with Gasteiger partial charge < -0.3 is 25.4 Å². The molecule has 10 heteroatoms. The summed E-state index contributed by atoms with van der Waals surface area (Å²) in [7, 11) is 0. The molecule has 0 radical (unpaired) electrons. The van der Waals surface area contributed by atoms with Crippen LogP contribution in [0, 0.1) is 5.92 Å². The fraction of sp³-hybridized carbons (Fsp3) is 0.318. The molecule has 32 heavy (non-hydrogen) atoms. The first-order valence-electron chi connectivity index (χ1n) is 9.96. The van der Waals surface area contributed by atoms with Gasteiger partial charge in [-0.15, -0.1) is 0 Å². The number of benzene rings is 2. The van der Waals surface area contributed by atoms with Crippen LogP contribution in [0.5, 0.6) is 5.75 Å². The van der Waals surface area contributed by atoms with E-state index in [0.717, 1.165) is 0 Å². The summed E-state index contributed by atoms with van der Waals surface area (Å²) in [6.07, 6.45) is -0.539. The molecule has 1 heterocycles. The van der Waals surface area contributed by atoms with Crippen LogP contribution in [0.25, 0.3) is 0 Å². The largest absolute Gasteiger partial charge is 0.484 e. The SMILES string of the molecule is C[C@H](O)CNC(=O)[C@@H]1CC(=O)N(c2ccc(OCC(=O)Nc3cc(Cl)cc(Cl)c3)cc2)C1. The van der Waals surface area contributed by atoms with Gasteiger partial charge in [0, 0.05) is 40.9 Å². The molecule has 1 aliphatic heterocycles. The lowest BCUT2D eigenvalue weighted by atomic mass is 10.1. The van der Waals surface area contributed by atoms with E-state index in [0.29, 0.717) is 27.2 Å². The van der Waals surface area contributed by atoms with E-state index in [4.69, 9.17) is 27.9 Å². The van der Waals surface area contributed by atoms with E-state index in [1.165, 1.54) is 4.90 Å². The second-order valence-electron chi connectivity index (χ2n) is 7.49. The summed E-state index contributed by atoms with van der Waals surface area (Å²) in [4.78, 5) is 38.1. The van der Waals surface area contributed by atoms with Gasteiger partial charge in [0.2, 0.25) is 11.8 Å². The van der Waals surface area contributed by atoms with Gasteiger partial charge in [-0.3, -0.25) is 14.4 Å². The Bertz CT molecular complexity index is 977. The minimum absolute atomic E-state index is 0.109. The summed E-state index contributed by atoms with van der Waals surface area (Å²) in [5.74, 6) is -0.816. The monoisotopic (exact) mass is 479 g/mol. The number of amides is 3. The van der Waals surface area contributed by atoms with E-state index >= 15 is 0 Å². The Morgan fingerprint density at radius 3 is 2.47 bits per heavy atom. The molecule has 170 valence electrons. The van der Waals surface area contributed by atoms with Gasteiger partial charge in [-0.05, 0) is 49.4 Å². The zero-order valence-electron chi connectivity index (χ0n) is 17.3. The van der Waals surface area contributed by atoms with Crippen molar-refractivity contribution in [3.8, 4) is 5.75 Å². The van der Waals surface area contributed by atoms with Crippen molar-refractivity contribution in [3.05, 3.63) is 52.5 Å². The number of anilines is 2. The van der Waals surface area contributed by atoms with E-state index < -0.39 is 12.0 Å². The predicted molar refractivity (Wildman–Crippen MR) is 122 cm³/mol. The molecule has 1 saturated heterocycles. The first-order chi connectivity index (χ1) is 15.2. The van der Waals surface area contributed by atoms with Crippen LogP contribution < -0.4 is 20.3 Å². The highest BCUT2D eigenvalue weighted by Crippen LogP contribution is 2.27. The first kappa shape index (κ1) is 23.8. The molecule has 3 amide bonds. The Balaban J connectivity index is 1.52. The second-order valence-corrected chi connectivity index (χ2v) is 8.36. The second kappa shape index (κ2) is 10.7. The standard InChI is InChI=1S/C22H23Cl2N3O5/c1-13(28)10-25-22(31)14-6-21(30)27(11-14)18-2-4-19(5-3-18)32-12-20(29)26-17-8-15(23)7-16(24)9-17/h2-5,7-9,13-14,28H,6,10-12H2,1H3,(H,25,31)(H,26,29)/t13-,14+/m0/s1. The van der Waals surface area contributed by atoms with Crippen LogP contribution >= 0.6 is 23.2 Å². The minimum Gasteiger partial charge on any atom is -0.484 e. The van der Waals surface area contributed by atoms with Crippen molar-refractivity contribution in [1.29, 1.82) is 0 Å². The predicted octanol–water partition coefficient (Wildman–Crippen LogP) is 2.86. The first-order valence-corrected chi connectivity index (χ1v) is 10.7. The van der Waals surface area contributed by atoms with Crippen molar-refractivity contribution in [3.63, 3.8) is 0 Å². The maximum atomic E-state index is 12.3. The molecule has 1 aliphatic rings. The van der Waals surface area contributed by atoms with Crippen molar-refractivity contribution in [2.45, 2.75) is 19.4 Å². The fourth-order valence-electron chi connectivity index (χ4n) is 3.22. The van der Waals surface area contributed by atoms with Crippen LogP contribution in [0.3, 0.4) is 0 Å². The Morgan fingerprint density at radius 1 is 1.19 bits per heavy atom. The van der Waals surface area contributed by atoms with Gasteiger partial charge in [-0.2, -0.15) is 0 Å². The van der Waals surface area contributed by atoms with E-state index in [-0.39, 0.29) is 43.8 Å². The molecule has 1 fully saturated rings. The molecule has 0 saturated carbocycles. The number of halogens is 2. The van der Waals surface area contributed by atoms with Crippen LogP contribution in [0.2, 0.25) is 10.0 Å². The molecule has 8 nitrogen and oxygen atoms in total. The highest BCUT2D eigenvalue weighted by Gasteiger charge is 2.35. The summed E-state index contributed by atoms with van der Waals surface area (Å²) in [6.45, 7) is 1.76.